The molecule has 2 unspecified atom stereocenters. The summed E-state index contributed by atoms with van der Waals surface area (Å²) in [4.78, 5) is 57.7. The fourth-order valence-electron chi connectivity index (χ4n) is 3.54. The average molecular weight is 424 g/mol. The number of piperidine rings is 1. The van der Waals surface area contributed by atoms with Gasteiger partial charge in [-0.15, -0.1) is 0 Å². The van der Waals surface area contributed by atoms with E-state index in [9.17, 15) is 19.2 Å². The summed E-state index contributed by atoms with van der Waals surface area (Å²) in [5, 5.41) is 5.09. The van der Waals surface area contributed by atoms with Crippen molar-refractivity contribution in [3.63, 3.8) is 0 Å². The van der Waals surface area contributed by atoms with Gasteiger partial charge in [-0.3, -0.25) is 24.2 Å². The number of aromatic nitrogens is 2. The first-order chi connectivity index (χ1) is 14.7. The van der Waals surface area contributed by atoms with Crippen molar-refractivity contribution in [2.24, 2.45) is 11.7 Å². The molecule has 3 heterocycles. The minimum absolute atomic E-state index is 0.125. The lowest BCUT2D eigenvalue weighted by atomic mass is 9.90. The van der Waals surface area contributed by atoms with Gasteiger partial charge in [0.2, 0.25) is 11.8 Å². The summed E-state index contributed by atoms with van der Waals surface area (Å²) in [6.07, 6.45) is 5.79. The Bertz CT molecular complexity index is 1010. The average Bonchev–Trinajstić information content (AvgIpc) is 2.73. The molecule has 1 saturated heterocycles. The van der Waals surface area contributed by atoms with Crippen LogP contribution in [0.4, 0.5) is 11.5 Å². The largest absolute Gasteiger partial charge is 0.366 e. The van der Waals surface area contributed by atoms with Crippen LogP contribution in [0.15, 0.2) is 36.8 Å². The zero-order valence-electron chi connectivity index (χ0n) is 17.3. The van der Waals surface area contributed by atoms with E-state index >= 15 is 0 Å². The second kappa shape index (κ2) is 9.33. The maximum atomic E-state index is 13.0. The summed E-state index contributed by atoms with van der Waals surface area (Å²) in [5.74, 6) is -1.78. The SMILES string of the molecule is CC(=O)Nc1ccc(C2CCC(C)CN2C(=O)C(=O)Nc2cncc(C(N)=O)c2)cn1. The van der Waals surface area contributed by atoms with Crippen molar-refractivity contribution in [3.8, 4) is 0 Å². The van der Waals surface area contributed by atoms with Gasteiger partial charge < -0.3 is 21.3 Å². The number of carbonyl (C=O) groups is 4. The fourth-order valence-corrected chi connectivity index (χ4v) is 3.54. The molecule has 0 saturated carbocycles. The number of hydrogen-bond donors (Lipinski definition) is 3. The Kier molecular flexibility index (Phi) is 6.58. The van der Waals surface area contributed by atoms with Gasteiger partial charge in [0.1, 0.15) is 5.82 Å². The van der Waals surface area contributed by atoms with Gasteiger partial charge in [0.05, 0.1) is 23.5 Å². The van der Waals surface area contributed by atoms with Gasteiger partial charge in [-0.1, -0.05) is 13.0 Å². The van der Waals surface area contributed by atoms with E-state index < -0.39 is 17.7 Å². The lowest BCUT2D eigenvalue weighted by Gasteiger charge is -2.38. The van der Waals surface area contributed by atoms with E-state index in [1.807, 2.05) is 6.92 Å². The number of carbonyl (C=O) groups excluding carboxylic acids is 4. The fraction of sp³-hybridized carbons (Fsp3) is 0.333. The third-order valence-corrected chi connectivity index (χ3v) is 5.03. The molecule has 0 spiro atoms. The molecule has 1 fully saturated rings. The third kappa shape index (κ3) is 5.41. The van der Waals surface area contributed by atoms with Gasteiger partial charge >= 0.3 is 11.8 Å². The highest BCUT2D eigenvalue weighted by Crippen LogP contribution is 2.33. The molecule has 0 aromatic carbocycles. The first-order valence-corrected chi connectivity index (χ1v) is 9.85. The van der Waals surface area contributed by atoms with Crippen LogP contribution in [-0.4, -0.2) is 45.0 Å². The Labute approximate surface area is 179 Å². The predicted molar refractivity (Wildman–Crippen MR) is 113 cm³/mol. The van der Waals surface area contributed by atoms with Gasteiger partial charge in [-0.25, -0.2) is 4.98 Å². The first kappa shape index (κ1) is 21.9. The summed E-state index contributed by atoms with van der Waals surface area (Å²) in [5.41, 5.74) is 6.34. The smallest absolute Gasteiger partial charge is 0.313 e. The van der Waals surface area contributed by atoms with Gasteiger partial charge in [0.25, 0.3) is 0 Å². The summed E-state index contributed by atoms with van der Waals surface area (Å²) in [6.45, 7) is 3.84. The molecule has 0 bridgehead atoms. The summed E-state index contributed by atoms with van der Waals surface area (Å²) >= 11 is 0. The quantitative estimate of drug-likeness (QED) is 0.633. The van der Waals surface area contributed by atoms with Crippen LogP contribution in [0.2, 0.25) is 0 Å². The van der Waals surface area contributed by atoms with E-state index in [0.717, 1.165) is 12.0 Å². The Morgan fingerprint density at radius 2 is 1.87 bits per heavy atom. The van der Waals surface area contributed by atoms with Crippen LogP contribution in [-0.2, 0) is 14.4 Å². The molecular formula is C21H24N6O4. The number of rotatable bonds is 4. The number of anilines is 2. The van der Waals surface area contributed by atoms with Crippen LogP contribution in [0.3, 0.4) is 0 Å². The van der Waals surface area contributed by atoms with Crippen molar-refractivity contribution in [1.29, 1.82) is 0 Å². The Hall–Kier alpha value is -3.82. The van der Waals surface area contributed by atoms with E-state index in [2.05, 4.69) is 20.6 Å². The topological polar surface area (TPSA) is 147 Å². The van der Waals surface area contributed by atoms with E-state index in [1.165, 1.54) is 30.3 Å². The van der Waals surface area contributed by atoms with Crippen molar-refractivity contribution >= 4 is 35.1 Å². The number of primary amides is 1. The van der Waals surface area contributed by atoms with Crippen molar-refractivity contribution in [1.82, 2.24) is 14.9 Å². The van der Waals surface area contributed by atoms with E-state index in [0.29, 0.717) is 18.8 Å². The molecule has 31 heavy (non-hydrogen) atoms. The molecule has 4 N–H and O–H groups in total. The summed E-state index contributed by atoms with van der Waals surface area (Å²) < 4.78 is 0. The third-order valence-electron chi connectivity index (χ3n) is 5.03. The molecule has 4 amide bonds. The number of pyridine rings is 2. The van der Waals surface area contributed by atoms with Crippen molar-refractivity contribution in [3.05, 3.63) is 47.9 Å². The van der Waals surface area contributed by atoms with Crippen LogP contribution >= 0.6 is 0 Å². The molecule has 2 aromatic heterocycles. The number of nitrogens with zero attached hydrogens (tertiary/aromatic N) is 3. The van der Waals surface area contributed by atoms with E-state index in [1.54, 1.807) is 18.3 Å². The van der Waals surface area contributed by atoms with Crippen LogP contribution < -0.4 is 16.4 Å². The van der Waals surface area contributed by atoms with Crippen molar-refractivity contribution < 1.29 is 19.2 Å². The highest BCUT2D eigenvalue weighted by atomic mass is 16.2. The standard InChI is InChI=1S/C21H24N6O4/c1-12-3-5-17(14-4-6-18(24-9-14)25-13(2)28)27(11-12)21(31)20(30)26-16-7-15(19(22)29)8-23-10-16/h4,6-10,12,17H,3,5,11H2,1-2H3,(H2,22,29)(H,26,30)(H,24,25,28). The highest BCUT2D eigenvalue weighted by molar-refractivity contribution is 6.39. The normalized spacial score (nSPS) is 18.2. The Balaban J connectivity index is 1.77. The Morgan fingerprint density at radius 3 is 2.52 bits per heavy atom. The second-order valence-electron chi connectivity index (χ2n) is 7.59. The molecule has 1 aliphatic rings. The maximum absolute atomic E-state index is 13.0. The molecule has 3 rings (SSSR count). The van der Waals surface area contributed by atoms with E-state index in [4.69, 9.17) is 5.73 Å². The molecule has 0 radical (unpaired) electrons. The number of nitrogens with one attached hydrogen (secondary N) is 2. The summed E-state index contributed by atoms with van der Waals surface area (Å²) in [7, 11) is 0. The number of likely N-dealkylation sites (tertiary alicyclic amines) is 1. The molecule has 1 aliphatic heterocycles. The highest BCUT2D eigenvalue weighted by Gasteiger charge is 2.34. The molecule has 162 valence electrons. The molecule has 10 nitrogen and oxygen atoms in total. The molecule has 0 aliphatic carbocycles. The monoisotopic (exact) mass is 424 g/mol. The lowest BCUT2D eigenvalue weighted by Crippen LogP contribution is -2.46. The van der Waals surface area contributed by atoms with Crippen LogP contribution in [0.1, 0.15) is 48.7 Å². The molecule has 10 heteroatoms. The number of nitrogens with two attached hydrogens (primary N) is 1. The molecule has 2 aromatic rings. The van der Waals surface area contributed by atoms with Crippen LogP contribution in [0.5, 0.6) is 0 Å². The minimum atomic E-state index is -0.828. The lowest BCUT2D eigenvalue weighted by molar-refractivity contribution is -0.146. The van der Waals surface area contributed by atoms with Crippen LogP contribution in [0.25, 0.3) is 0 Å². The van der Waals surface area contributed by atoms with Crippen LogP contribution in [0, 0.1) is 5.92 Å². The second-order valence-corrected chi connectivity index (χ2v) is 7.59. The zero-order valence-corrected chi connectivity index (χ0v) is 17.3. The first-order valence-electron chi connectivity index (χ1n) is 9.85. The van der Waals surface area contributed by atoms with Crippen molar-refractivity contribution in [2.75, 3.05) is 17.2 Å². The van der Waals surface area contributed by atoms with Gasteiger partial charge in [-0.2, -0.15) is 0 Å². The number of hydrogen-bond acceptors (Lipinski definition) is 6. The number of amides is 4. The molecular weight excluding hydrogens is 400 g/mol. The predicted octanol–water partition coefficient (Wildman–Crippen LogP) is 1.47. The molecule has 2 atom stereocenters. The van der Waals surface area contributed by atoms with Gasteiger partial charge in [0.15, 0.2) is 0 Å². The summed E-state index contributed by atoms with van der Waals surface area (Å²) in [6, 6.07) is 4.50. The van der Waals surface area contributed by atoms with Crippen molar-refractivity contribution in [2.45, 2.75) is 32.7 Å². The zero-order chi connectivity index (χ0) is 22.5. The maximum Gasteiger partial charge on any atom is 0.313 e. The van der Waals surface area contributed by atoms with Gasteiger partial charge in [0, 0.05) is 25.9 Å². The van der Waals surface area contributed by atoms with Gasteiger partial charge in [-0.05, 0) is 36.5 Å². The van der Waals surface area contributed by atoms with E-state index in [-0.39, 0.29) is 29.1 Å². The minimum Gasteiger partial charge on any atom is -0.366 e. The Morgan fingerprint density at radius 1 is 1.10 bits per heavy atom.